The Morgan fingerprint density at radius 2 is 2.05 bits per heavy atom. The van der Waals surface area contributed by atoms with Gasteiger partial charge < -0.3 is 10.4 Å². The molecule has 0 saturated heterocycles. The van der Waals surface area contributed by atoms with E-state index in [0.717, 1.165) is 23.6 Å². The Kier molecular flexibility index (Phi) is 4.22. The molecule has 0 aliphatic heterocycles. The number of aliphatic hydroxyl groups excluding tert-OH is 1. The third-order valence-corrected chi connectivity index (χ3v) is 3.33. The molecule has 4 nitrogen and oxygen atoms in total. The zero-order chi connectivity index (χ0) is 13.8. The Labute approximate surface area is 114 Å². The maximum Gasteiger partial charge on any atom is 0.0646 e. The van der Waals surface area contributed by atoms with Gasteiger partial charge in [0.25, 0.3) is 0 Å². The van der Waals surface area contributed by atoms with Crippen LogP contribution in [0.25, 0.3) is 0 Å². The first-order valence-electron chi connectivity index (χ1n) is 6.56. The number of rotatable bonds is 5. The second kappa shape index (κ2) is 5.89. The predicted molar refractivity (Wildman–Crippen MR) is 77.3 cm³/mol. The zero-order valence-corrected chi connectivity index (χ0v) is 11.8. The van der Waals surface area contributed by atoms with Crippen molar-refractivity contribution >= 4 is 5.69 Å². The number of aromatic nitrogens is 2. The van der Waals surface area contributed by atoms with Gasteiger partial charge in [0.2, 0.25) is 0 Å². The van der Waals surface area contributed by atoms with E-state index in [-0.39, 0.29) is 6.61 Å². The standard InChI is InChI=1S/C15H21N3O/c1-11-5-4-6-14(9-11)16-10-15-12(2)17-18(7-8-19)13(15)3/h4-6,9,16,19H,7-8,10H2,1-3H3. The second-order valence-electron chi connectivity index (χ2n) is 4.82. The molecular weight excluding hydrogens is 238 g/mol. The predicted octanol–water partition coefficient (Wildman–Crippen LogP) is 2.41. The molecule has 19 heavy (non-hydrogen) atoms. The number of nitrogens with one attached hydrogen (secondary N) is 1. The molecule has 0 aliphatic rings. The van der Waals surface area contributed by atoms with Gasteiger partial charge in [-0.25, -0.2) is 0 Å². The summed E-state index contributed by atoms with van der Waals surface area (Å²) in [6, 6.07) is 8.33. The van der Waals surface area contributed by atoms with Crippen molar-refractivity contribution in [2.75, 3.05) is 11.9 Å². The van der Waals surface area contributed by atoms with Gasteiger partial charge in [0.15, 0.2) is 0 Å². The van der Waals surface area contributed by atoms with Crippen molar-refractivity contribution < 1.29 is 5.11 Å². The molecule has 102 valence electrons. The highest BCUT2D eigenvalue weighted by Crippen LogP contribution is 2.16. The Morgan fingerprint density at radius 3 is 2.74 bits per heavy atom. The Bertz CT molecular complexity index is 561. The molecule has 0 spiro atoms. The van der Waals surface area contributed by atoms with E-state index in [0.29, 0.717) is 6.54 Å². The number of benzene rings is 1. The van der Waals surface area contributed by atoms with Crippen LogP contribution in [0.15, 0.2) is 24.3 Å². The summed E-state index contributed by atoms with van der Waals surface area (Å²) in [6.45, 7) is 7.56. The third kappa shape index (κ3) is 3.15. The van der Waals surface area contributed by atoms with Crippen molar-refractivity contribution in [2.24, 2.45) is 0 Å². The highest BCUT2D eigenvalue weighted by molar-refractivity contribution is 5.46. The van der Waals surface area contributed by atoms with Crippen LogP contribution in [0.5, 0.6) is 0 Å². The van der Waals surface area contributed by atoms with Crippen LogP contribution in [-0.2, 0) is 13.1 Å². The maximum atomic E-state index is 9.01. The minimum atomic E-state index is 0.118. The monoisotopic (exact) mass is 259 g/mol. The SMILES string of the molecule is Cc1cccc(NCc2c(C)nn(CCO)c2C)c1. The average molecular weight is 259 g/mol. The molecule has 1 aromatic heterocycles. The Balaban J connectivity index is 2.11. The van der Waals surface area contributed by atoms with Crippen LogP contribution in [-0.4, -0.2) is 21.5 Å². The maximum absolute atomic E-state index is 9.01. The topological polar surface area (TPSA) is 50.1 Å². The Morgan fingerprint density at radius 1 is 1.26 bits per heavy atom. The summed E-state index contributed by atoms with van der Waals surface area (Å²) in [4.78, 5) is 0. The molecule has 2 N–H and O–H groups in total. The highest BCUT2D eigenvalue weighted by atomic mass is 16.3. The van der Waals surface area contributed by atoms with Crippen molar-refractivity contribution in [3.63, 3.8) is 0 Å². The molecule has 1 aromatic carbocycles. The lowest BCUT2D eigenvalue weighted by molar-refractivity contribution is 0.268. The van der Waals surface area contributed by atoms with E-state index in [2.05, 4.69) is 35.5 Å². The minimum Gasteiger partial charge on any atom is -0.394 e. The Hall–Kier alpha value is -1.81. The first kappa shape index (κ1) is 13.6. The van der Waals surface area contributed by atoms with E-state index in [1.165, 1.54) is 11.1 Å². The molecule has 0 saturated carbocycles. The number of aryl methyl sites for hydroxylation is 2. The van der Waals surface area contributed by atoms with Gasteiger partial charge in [-0.2, -0.15) is 5.10 Å². The van der Waals surface area contributed by atoms with E-state index < -0.39 is 0 Å². The van der Waals surface area contributed by atoms with E-state index in [1.54, 1.807) is 0 Å². The van der Waals surface area contributed by atoms with Crippen molar-refractivity contribution in [3.05, 3.63) is 46.8 Å². The molecule has 0 atom stereocenters. The molecule has 0 unspecified atom stereocenters. The molecule has 0 bridgehead atoms. The average Bonchev–Trinajstić information content (AvgIpc) is 2.63. The zero-order valence-electron chi connectivity index (χ0n) is 11.8. The summed E-state index contributed by atoms with van der Waals surface area (Å²) in [7, 11) is 0. The molecular formula is C15H21N3O. The summed E-state index contributed by atoms with van der Waals surface area (Å²) in [5, 5.41) is 16.9. The van der Waals surface area contributed by atoms with Gasteiger partial charge >= 0.3 is 0 Å². The quantitative estimate of drug-likeness (QED) is 0.867. The molecule has 2 rings (SSSR count). The second-order valence-corrected chi connectivity index (χ2v) is 4.82. The summed E-state index contributed by atoms with van der Waals surface area (Å²) >= 11 is 0. The lowest BCUT2D eigenvalue weighted by Gasteiger charge is -2.08. The van der Waals surface area contributed by atoms with Crippen LogP contribution in [0.2, 0.25) is 0 Å². The molecule has 4 heteroatoms. The van der Waals surface area contributed by atoms with Gasteiger partial charge in [-0.1, -0.05) is 12.1 Å². The lowest BCUT2D eigenvalue weighted by Crippen LogP contribution is -2.07. The molecule has 0 radical (unpaired) electrons. The van der Waals surface area contributed by atoms with E-state index in [4.69, 9.17) is 5.11 Å². The lowest BCUT2D eigenvalue weighted by atomic mass is 10.2. The number of hydrogen-bond donors (Lipinski definition) is 2. The van der Waals surface area contributed by atoms with Gasteiger partial charge in [-0.15, -0.1) is 0 Å². The number of aliphatic hydroxyl groups is 1. The van der Waals surface area contributed by atoms with Crippen molar-refractivity contribution in [2.45, 2.75) is 33.9 Å². The van der Waals surface area contributed by atoms with Crippen LogP contribution in [0.3, 0.4) is 0 Å². The van der Waals surface area contributed by atoms with E-state index >= 15 is 0 Å². The van der Waals surface area contributed by atoms with E-state index in [9.17, 15) is 0 Å². The van der Waals surface area contributed by atoms with E-state index in [1.807, 2.05) is 24.6 Å². The van der Waals surface area contributed by atoms with Crippen LogP contribution >= 0.6 is 0 Å². The number of anilines is 1. The van der Waals surface area contributed by atoms with Gasteiger partial charge in [0.05, 0.1) is 18.8 Å². The summed E-state index contributed by atoms with van der Waals surface area (Å²) in [6.07, 6.45) is 0. The van der Waals surface area contributed by atoms with Gasteiger partial charge in [0.1, 0.15) is 0 Å². The van der Waals surface area contributed by atoms with Gasteiger partial charge in [-0.05, 0) is 38.5 Å². The highest BCUT2D eigenvalue weighted by Gasteiger charge is 2.10. The normalized spacial score (nSPS) is 10.7. The largest absolute Gasteiger partial charge is 0.394 e. The molecule has 0 aliphatic carbocycles. The molecule has 1 heterocycles. The van der Waals surface area contributed by atoms with Crippen LogP contribution in [0.1, 0.15) is 22.5 Å². The first-order chi connectivity index (χ1) is 9.11. The fourth-order valence-corrected chi connectivity index (χ4v) is 2.25. The molecule has 2 aromatic rings. The summed E-state index contributed by atoms with van der Waals surface area (Å²) in [5.74, 6) is 0. The molecule has 0 fully saturated rings. The smallest absolute Gasteiger partial charge is 0.0646 e. The van der Waals surface area contributed by atoms with Gasteiger partial charge in [-0.3, -0.25) is 4.68 Å². The van der Waals surface area contributed by atoms with Crippen molar-refractivity contribution in [3.8, 4) is 0 Å². The van der Waals surface area contributed by atoms with Crippen LogP contribution in [0, 0.1) is 20.8 Å². The summed E-state index contributed by atoms with van der Waals surface area (Å²) in [5.41, 5.74) is 5.70. The third-order valence-electron chi connectivity index (χ3n) is 3.33. The molecule has 0 amide bonds. The number of hydrogen-bond acceptors (Lipinski definition) is 3. The fourth-order valence-electron chi connectivity index (χ4n) is 2.25. The number of nitrogens with zero attached hydrogens (tertiary/aromatic N) is 2. The first-order valence-corrected chi connectivity index (χ1v) is 6.56. The van der Waals surface area contributed by atoms with Gasteiger partial charge in [0, 0.05) is 23.5 Å². The van der Waals surface area contributed by atoms with Crippen molar-refractivity contribution in [1.82, 2.24) is 9.78 Å². The fraction of sp³-hybridized carbons (Fsp3) is 0.400. The van der Waals surface area contributed by atoms with Crippen LogP contribution < -0.4 is 5.32 Å². The van der Waals surface area contributed by atoms with Crippen LogP contribution in [0.4, 0.5) is 5.69 Å². The van der Waals surface area contributed by atoms with Crippen molar-refractivity contribution in [1.29, 1.82) is 0 Å². The minimum absolute atomic E-state index is 0.118. The summed E-state index contributed by atoms with van der Waals surface area (Å²) < 4.78 is 1.86.